The van der Waals surface area contributed by atoms with Crippen molar-refractivity contribution < 1.29 is 66.2 Å². The number of aromatic amines is 1. The summed E-state index contributed by atoms with van der Waals surface area (Å²) < 4.78 is 52.4. The SMILES string of the molecule is CCC(=O)NCCCNc1nc2c(ncn2[C@@H]2O[C@H](COP(=O)(O)OP(=O)(O)OP(=O)(O)O)[C@@H](O)[C@H]2O)c(=O)[nH]1. The molecule has 1 saturated heterocycles. The number of anilines is 1. The van der Waals surface area contributed by atoms with Crippen molar-refractivity contribution >= 4 is 46.5 Å². The standard InChI is InChI=1S/C16H27N6O15P3/c1-2-9(23)17-4-3-5-18-16-20-13-10(14(26)21-16)19-7-22(13)15-12(25)11(24)8(35-15)6-34-39(30,31)37-40(32,33)36-38(27,28)29/h7-8,11-12,15,24-25H,2-6H2,1H3,(H,17,23)(H,30,31)(H,32,33)(H2,27,28,29)(H2,18,20,21,26)/t8-,11-,12-,15-/m1/s1. The van der Waals surface area contributed by atoms with Crippen LogP contribution < -0.4 is 16.2 Å². The fraction of sp³-hybridized carbons (Fsp3) is 0.625. The van der Waals surface area contributed by atoms with Gasteiger partial charge in [-0.15, -0.1) is 0 Å². The number of aliphatic hydroxyl groups is 2. The number of nitrogens with one attached hydrogen (secondary N) is 3. The molecule has 0 spiro atoms. The highest BCUT2D eigenvalue weighted by Gasteiger charge is 2.47. The number of fused-ring (bicyclic) bond motifs is 1. The molecule has 2 aromatic heterocycles. The van der Waals surface area contributed by atoms with Gasteiger partial charge in [0.1, 0.15) is 18.3 Å². The highest BCUT2D eigenvalue weighted by atomic mass is 31.3. The van der Waals surface area contributed by atoms with E-state index in [0.29, 0.717) is 25.9 Å². The number of hydrogen-bond donors (Lipinski definition) is 9. The number of nitrogens with zero attached hydrogens (tertiary/aromatic N) is 3. The van der Waals surface area contributed by atoms with E-state index in [1.807, 2.05) is 0 Å². The number of phosphoric ester groups is 1. The van der Waals surface area contributed by atoms with E-state index in [9.17, 15) is 43.3 Å². The van der Waals surface area contributed by atoms with Gasteiger partial charge in [-0.3, -0.25) is 23.7 Å². The van der Waals surface area contributed by atoms with Gasteiger partial charge in [0.15, 0.2) is 17.4 Å². The topological polar surface area (TPSA) is 314 Å². The summed E-state index contributed by atoms with van der Waals surface area (Å²) in [5.41, 5.74) is -0.874. The number of hydrogen-bond acceptors (Lipinski definition) is 14. The molecule has 2 aromatic rings. The number of aromatic nitrogens is 4. The van der Waals surface area contributed by atoms with Gasteiger partial charge in [-0.05, 0) is 6.42 Å². The van der Waals surface area contributed by atoms with Crippen molar-refractivity contribution in [3.05, 3.63) is 16.7 Å². The molecule has 3 heterocycles. The first kappa shape index (κ1) is 32.4. The van der Waals surface area contributed by atoms with E-state index in [0.717, 1.165) is 10.9 Å². The lowest BCUT2D eigenvalue weighted by molar-refractivity contribution is -0.120. The van der Waals surface area contributed by atoms with Crippen molar-refractivity contribution in [1.29, 1.82) is 0 Å². The number of phosphoric acid groups is 3. The zero-order chi connectivity index (χ0) is 29.9. The zero-order valence-corrected chi connectivity index (χ0v) is 23.1. The van der Waals surface area contributed by atoms with Crippen LogP contribution in [-0.4, -0.2) is 93.2 Å². The van der Waals surface area contributed by atoms with Gasteiger partial charge >= 0.3 is 23.5 Å². The fourth-order valence-corrected chi connectivity index (χ4v) is 6.44. The van der Waals surface area contributed by atoms with Crippen LogP contribution in [0.4, 0.5) is 5.95 Å². The van der Waals surface area contributed by atoms with Gasteiger partial charge in [-0.25, -0.2) is 18.7 Å². The van der Waals surface area contributed by atoms with Crippen LogP contribution >= 0.6 is 23.5 Å². The van der Waals surface area contributed by atoms with Crippen LogP contribution in [-0.2, 0) is 36.4 Å². The van der Waals surface area contributed by atoms with Gasteiger partial charge in [0.05, 0.1) is 12.9 Å². The molecule has 0 radical (unpaired) electrons. The smallest absolute Gasteiger partial charge is 0.387 e. The minimum Gasteiger partial charge on any atom is -0.387 e. The molecule has 2 unspecified atom stereocenters. The zero-order valence-electron chi connectivity index (χ0n) is 20.5. The number of carbonyl (C=O) groups is 1. The molecule has 0 aromatic carbocycles. The first-order valence-electron chi connectivity index (χ1n) is 11.3. The molecule has 1 amide bonds. The van der Waals surface area contributed by atoms with Crippen LogP contribution in [0.1, 0.15) is 26.0 Å². The molecule has 1 aliphatic rings. The molecular formula is C16H27N6O15P3. The highest BCUT2D eigenvalue weighted by molar-refractivity contribution is 7.66. The van der Waals surface area contributed by atoms with Crippen LogP contribution in [0.25, 0.3) is 11.2 Å². The molecule has 40 heavy (non-hydrogen) atoms. The predicted molar refractivity (Wildman–Crippen MR) is 130 cm³/mol. The summed E-state index contributed by atoms with van der Waals surface area (Å²) in [4.78, 5) is 70.3. The maximum atomic E-state index is 12.5. The first-order valence-corrected chi connectivity index (χ1v) is 15.8. The minimum absolute atomic E-state index is 0.0262. The Hall–Kier alpha value is -2.09. The van der Waals surface area contributed by atoms with E-state index in [-0.39, 0.29) is 23.0 Å². The quantitative estimate of drug-likeness (QED) is 0.0833. The Morgan fingerprint density at radius 3 is 2.48 bits per heavy atom. The Balaban J connectivity index is 1.68. The predicted octanol–water partition coefficient (Wildman–Crippen LogP) is -1.59. The van der Waals surface area contributed by atoms with E-state index in [1.165, 1.54) is 0 Å². The van der Waals surface area contributed by atoms with Crippen LogP contribution in [0.15, 0.2) is 11.1 Å². The summed E-state index contributed by atoms with van der Waals surface area (Å²) in [6, 6.07) is 0. The average Bonchev–Trinajstić information content (AvgIpc) is 3.36. The Morgan fingerprint density at radius 2 is 1.82 bits per heavy atom. The molecular weight excluding hydrogens is 609 g/mol. The molecule has 0 aliphatic carbocycles. The van der Waals surface area contributed by atoms with Crippen LogP contribution in [0, 0.1) is 0 Å². The molecule has 9 N–H and O–H groups in total. The van der Waals surface area contributed by atoms with Gasteiger partial charge < -0.3 is 45.2 Å². The normalized spacial score (nSPS) is 24.5. The van der Waals surface area contributed by atoms with Crippen LogP contribution in [0.5, 0.6) is 0 Å². The maximum absolute atomic E-state index is 12.5. The number of ether oxygens (including phenoxy) is 1. The van der Waals surface area contributed by atoms with Crippen LogP contribution in [0.3, 0.4) is 0 Å². The second kappa shape index (κ2) is 12.8. The van der Waals surface area contributed by atoms with Crippen molar-refractivity contribution in [3.8, 4) is 0 Å². The molecule has 226 valence electrons. The second-order valence-corrected chi connectivity index (χ2v) is 12.6. The third-order valence-electron chi connectivity index (χ3n) is 5.15. The number of carbonyl (C=O) groups excluding carboxylic acids is 1. The lowest BCUT2D eigenvalue weighted by Crippen LogP contribution is -2.33. The molecule has 6 atom stereocenters. The average molecular weight is 636 g/mol. The summed E-state index contributed by atoms with van der Waals surface area (Å²) >= 11 is 0. The summed E-state index contributed by atoms with van der Waals surface area (Å²) in [6.07, 6.45) is -4.56. The van der Waals surface area contributed by atoms with Gasteiger partial charge in [0.2, 0.25) is 11.9 Å². The molecule has 3 rings (SSSR count). The lowest BCUT2D eigenvalue weighted by Gasteiger charge is -2.19. The van der Waals surface area contributed by atoms with E-state index >= 15 is 0 Å². The Bertz CT molecular complexity index is 1410. The molecule has 21 nitrogen and oxygen atoms in total. The fourth-order valence-electron chi connectivity index (χ4n) is 3.41. The third-order valence-corrected chi connectivity index (χ3v) is 8.95. The Kier molecular flexibility index (Phi) is 10.4. The number of amides is 1. The lowest BCUT2D eigenvalue weighted by atomic mass is 10.1. The van der Waals surface area contributed by atoms with Crippen molar-refractivity contribution in [2.75, 3.05) is 25.0 Å². The van der Waals surface area contributed by atoms with Crippen molar-refractivity contribution in [2.45, 2.75) is 44.3 Å². The molecule has 0 saturated carbocycles. The van der Waals surface area contributed by atoms with E-state index in [1.54, 1.807) is 6.92 Å². The van der Waals surface area contributed by atoms with Crippen molar-refractivity contribution in [2.24, 2.45) is 0 Å². The summed E-state index contributed by atoms with van der Waals surface area (Å²) in [7, 11) is -16.9. The molecule has 1 fully saturated rings. The molecule has 1 aliphatic heterocycles. The van der Waals surface area contributed by atoms with E-state index in [4.69, 9.17) is 14.5 Å². The number of imidazole rings is 1. The van der Waals surface area contributed by atoms with Gasteiger partial charge in [0.25, 0.3) is 5.56 Å². The molecule has 0 bridgehead atoms. The summed E-state index contributed by atoms with van der Waals surface area (Å²) in [5.74, 6) is -0.0900. The summed E-state index contributed by atoms with van der Waals surface area (Å²) in [5, 5.41) is 26.4. The van der Waals surface area contributed by atoms with Gasteiger partial charge in [0, 0.05) is 19.5 Å². The second-order valence-electron chi connectivity index (χ2n) is 8.16. The number of H-pyrrole nitrogens is 1. The van der Waals surface area contributed by atoms with Gasteiger partial charge in [-0.1, -0.05) is 6.92 Å². The number of rotatable bonds is 14. The minimum atomic E-state index is -5.76. The monoisotopic (exact) mass is 636 g/mol. The Morgan fingerprint density at radius 1 is 1.12 bits per heavy atom. The van der Waals surface area contributed by atoms with Gasteiger partial charge in [-0.2, -0.15) is 13.6 Å². The largest absolute Gasteiger partial charge is 0.490 e. The van der Waals surface area contributed by atoms with E-state index < -0.39 is 60.2 Å². The van der Waals surface area contributed by atoms with Crippen LogP contribution in [0.2, 0.25) is 0 Å². The van der Waals surface area contributed by atoms with E-state index in [2.05, 4.69) is 38.7 Å². The first-order chi connectivity index (χ1) is 18.5. The highest BCUT2D eigenvalue weighted by Crippen LogP contribution is 2.66. The maximum Gasteiger partial charge on any atom is 0.490 e. The van der Waals surface area contributed by atoms with Crippen molar-refractivity contribution in [3.63, 3.8) is 0 Å². The number of aliphatic hydroxyl groups excluding tert-OH is 2. The third kappa shape index (κ3) is 8.70. The summed E-state index contributed by atoms with van der Waals surface area (Å²) in [6.45, 7) is 1.38. The molecule has 24 heteroatoms. The Labute approximate surface area is 223 Å². The van der Waals surface area contributed by atoms with Crippen molar-refractivity contribution in [1.82, 2.24) is 24.8 Å².